The van der Waals surface area contributed by atoms with Crippen LogP contribution in [0.1, 0.15) is 43.2 Å². The average molecular weight is 348 g/mol. The Hall–Kier alpha value is -1.40. The van der Waals surface area contributed by atoms with Gasteiger partial charge in [-0.2, -0.15) is 4.31 Å². The lowest BCUT2D eigenvalue weighted by atomic mass is 10.1. The van der Waals surface area contributed by atoms with E-state index in [9.17, 15) is 13.2 Å². The van der Waals surface area contributed by atoms with E-state index in [-0.39, 0.29) is 11.8 Å². The van der Waals surface area contributed by atoms with E-state index < -0.39 is 10.0 Å². The second-order valence-electron chi connectivity index (χ2n) is 7.23. The number of nitrogens with zero attached hydrogens (tertiary/aromatic N) is 2. The zero-order valence-corrected chi connectivity index (χ0v) is 14.9. The van der Waals surface area contributed by atoms with Gasteiger partial charge in [0, 0.05) is 31.2 Å². The Labute approximate surface area is 143 Å². The van der Waals surface area contributed by atoms with Crippen molar-refractivity contribution in [1.29, 1.82) is 0 Å². The van der Waals surface area contributed by atoms with E-state index >= 15 is 0 Å². The Morgan fingerprint density at radius 1 is 1.08 bits per heavy atom. The van der Waals surface area contributed by atoms with Crippen LogP contribution < -0.4 is 4.90 Å². The van der Waals surface area contributed by atoms with Gasteiger partial charge in [0.15, 0.2) is 0 Å². The molecule has 24 heavy (non-hydrogen) atoms. The van der Waals surface area contributed by atoms with Crippen LogP contribution in [0.5, 0.6) is 0 Å². The largest absolute Gasteiger partial charge is 0.312 e. The normalized spacial score (nSPS) is 21.8. The molecule has 3 aliphatic rings. The molecule has 0 unspecified atom stereocenters. The van der Waals surface area contributed by atoms with E-state index in [0.717, 1.165) is 55.3 Å². The SMILES string of the molecule is Cc1cc2c(cc1S(=O)(=O)N1CCCCC1)N(C(=O)C1CC1)CC2. The van der Waals surface area contributed by atoms with Crippen molar-refractivity contribution in [3.63, 3.8) is 0 Å². The number of aryl methyl sites for hydroxylation is 1. The zero-order chi connectivity index (χ0) is 16.9. The van der Waals surface area contributed by atoms with Gasteiger partial charge in [0.05, 0.1) is 4.90 Å². The van der Waals surface area contributed by atoms with Crippen LogP contribution >= 0.6 is 0 Å². The zero-order valence-electron chi connectivity index (χ0n) is 14.1. The number of piperidine rings is 1. The number of carbonyl (C=O) groups excluding carboxylic acids is 1. The molecule has 2 fully saturated rings. The van der Waals surface area contributed by atoms with E-state index in [0.29, 0.717) is 24.5 Å². The van der Waals surface area contributed by atoms with E-state index in [1.54, 1.807) is 10.4 Å². The summed E-state index contributed by atoms with van der Waals surface area (Å²) in [5.74, 6) is 0.318. The molecule has 0 radical (unpaired) electrons. The van der Waals surface area contributed by atoms with Gasteiger partial charge in [-0.3, -0.25) is 4.79 Å². The molecular formula is C18H24N2O3S. The van der Waals surface area contributed by atoms with Crippen molar-refractivity contribution in [2.45, 2.75) is 50.3 Å². The minimum Gasteiger partial charge on any atom is -0.312 e. The summed E-state index contributed by atoms with van der Waals surface area (Å²) in [4.78, 5) is 14.7. The molecule has 130 valence electrons. The Kier molecular flexibility index (Phi) is 3.92. The molecule has 1 aromatic carbocycles. The number of amides is 1. The lowest BCUT2D eigenvalue weighted by molar-refractivity contribution is -0.119. The van der Waals surface area contributed by atoms with Crippen LogP contribution in [0.3, 0.4) is 0 Å². The first-order valence-corrected chi connectivity index (χ1v) is 10.4. The molecule has 1 saturated heterocycles. The summed E-state index contributed by atoms with van der Waals surface area (Å²) in [6.45, 7) is 3.74. The summed E-state index contributed by atoms with van der Waals surface area (Å²) in [5.41, 5.74) is 2.70. The number of rotatable bonds is 3. The number of sulfonamides is 1. The fraction of sp³-hybridized carbons (Fsp3) is 0.611. The van der Waals surface area contributed by atoms with Crippen molar-refractivity contribution in [1.82, 2.24) is 4.31 Å². The third-order valence-electron chi connectivity index (χ3n) is 5.40. The van der Waals surface area contributed by atoms with Crippen molar-refractivity contribution in [3.05, 3.63) is 23.3 Å². The summed E-state index contributed by atoms with van der Waals surface area (Å²) in [6, 6.07) is 3.72. The molecule has 2 aliphatic heterocycles. The van der Waals surface area contributed by atoms with E-state index in [2.05, 4.69) is 0 Å². The van der Waals surface area contributed by atoms with Crippen molar-refractivity contribution in [3.8, 4) is 0 Å². The summed E-state index contributed by atoms with van der Waals surface area (Å²) < 4.78 is 27.7. The van der Waals surface area contributed by atoms with E-state index in [1.165, 1.54) is 0 Å². The maximum atomic E-state index is 13.1. The maximum Gasteiger partial charge on any atom is 0.243 e. The summed E-state index contributed by atoms with van der Waals surface area (Å²) in [5, 5.41) is 0. The predicted octanol–water partition coefficient (Wildman–Crippen LogP) is 2.47. The van der Waals surface area contributed by atoms with Gasteiger partial charge in [-0.1, -0.05) is 12.5 Å². The van der Waals surface area contributed by atoms with Crippen molar-refractivity contribution < 1.29 is 13.2 Å². The minimum absolute atomic E-state index is 0.152. The fourth-order valence-electron chi connectivity index (χ4n) is 3.84. The molecule has 4 rings (SSSR count). The van der Waals surface area contributed by atoms with Crippen molar-refractivity contribution >= 4 is 21.6 Å². The number of hydrogen-bond acceptors (Lipinski definition) is 3. The minimum atomic E-state index is -3.47. The summed E-state index contributed by atoms with van der Waals surface area (Å²) >= 11 is 0. The van der Waals surface area contributed by atoms with Crippen LogP contribution in [-0.4, -0.2) is 38.3 Å². The molecule has 1 aliphatic carbocycles. The van der Waals surface area contributed by atoms with Gasteiger partial charge < -0.3 is 4.90 Å². The predicted molar refractivity (Wildman–Crippen MR) is 92.6 cm³/mol. The van der Waals surface area contributed by atoms with Gasteiger partial charge in [0.1, 0.15) is 0 Å². The smallest absolute Gasteiger partial charge is 0.243 e. The number of anilines is 1. The maximum absolute atomic E-state index is 13.1. The second kappa shape index (κ2) is 5.85. The second-order valence-corrected chi connectivity index (χ2v) is 9.13. The summed E-state index contributed by atoms with van der Waals surface area (Å²) in [7, 11) is -3.47. The topological polar surface area (TPSA) is 57.7 Å². The monoisotopic (exact) mass is 348 g/mol. The molecule has 5 nitrogen and oxygen atoms in total. The van der Waals surface area contributed by atoms with E-state index in [4.69, 9.17) is 0 Å². The molecule has 1 aromatic rings. The Morgan fingerprint density at radius 2 is 1.79 bits per heavy atom. The van der Waals surface area contributed by atoms with Gasteiger partial charge in [0.2, 0.25) is 15.9 Å². The fourth-order valence-corrected chi connectivity index (χ4v) is 5.59. The molecule has 2 heterocycles. The number of carbonyl (C=O) groups is 1. The van der Waals surface area contributed by atoms with Crippen LogP contribution in [0.25, 0.3) is 0 Å². The van der Waals surface area contributed by atoms with Crippen LogP contribution in [0, 0.1) is 12.8 Å². The highest BCUT2D eigenvalue weighted by Crippen LogP contribution is 2.38. The van der Waals surface area contributed by atoms with Crippen LogP contribution in [0.15, 0.2) is 17.0 Å². The first kappa shape index (κ1) is 16.1. The van der Waals surface area contributed by atoms with Crippen molar-refractivity contribution in [2.75, 3.05) is 24.5 Å². The molecule has 0 N–H and O–H groups in total. The number of hydrogen-bond donors (Lipinski definition) is 0. The molecule has 0 bridgehead atoms. The number of benzene rings is 1. The molecular weight excluding hydrogens is 324 g/mol. The highest BCUT2D eigenvalue weighted by atomic mass is 32.2. The first-order valence-electron chi connectivity index (χ1n) is 8.93. The average Bonchev–Trinajstić information content (AvgIpc) is 3.35. The van der Waals surface area contributed by atoms with Gasteiger partial charge in [-0.25, -0.2) is 8.42 Å². The molecule has 1 amide bonds. The standard InChI is InChI=1S/C18H24N2O3S/c1-13-11-15-7-10-20(18(21)14-5-6-14)16(15)12-17(13)24(22,23)19-8-3-2-4-9-19/h11-12,14H,2-10H2,1H3. The molecule has 6 heteroatoms. The van der Waals surface area contributed by atoms with Gasteiger partial charge in [-0.05, 0) is 56.2 Å². The number of fused-ring (bicyclic) bond motifs is 1. The van der Waals surface area contributed by atoms with Crippen LogP contribution in [-0.2, 0) is 21.2 Å². The lowest BCUT2D eigenvalue weighted by Crippen LogP contribution is -2.36. The molecule has 0 spiro atoms. The van der Waals surface area contributed by atoms with Crippen LogP contribution in [0.4, 0.5) is 5.69 Å². The third-order valence-corrected chi connectivity index (χ3v) is 7.44. The Balaban J connectivity index is 1.72. The Bertz CT molecular complexity index is 778. The van der Waals surface area contributed by atoms with Gasteiger partial charge in [0.25, 0.3) is 0 Å². The highest BCUT2D eigenvalue weighted by molar-refractivity contribution is 7.89. The molecule has 0 atom stereocenters. The highest BCUT2D eigenvalue weighted by Gasteiger charge is 2.37. The van der Waals surface area contributed by atoms with Gasteiger partial charge >= 0.3 is 0 Å². The van der Waals surface area contributed by atoms with Gasteiger partial charge in [-0.15, -0.1) is 0 Å². The lowest BCUT2D eigenvalue weighted by Gasteiger charge is -2.27. The first-order chi connectivity index (χ1) is 11.5. The summed E-state index contributed by atoms with van der Waals surface area (Å²) in [6.07, 6.45) is 5.70. The Morgan fingerprint density at radius 3 is 2.46 bits per heavy atom. The quantitative estimate of drug-likeness (QED) is 0.843. The van der Waals surface area contributed by atoms with E-state index in [1.807, 2.05) is 17.9 Å². The molecule has 1 saturated carbocycles. The van der Waals surface area contributed by atoms with Crippen LogP contribution in [0.2, 0.25) is 0 Å². The molecule has 0 aromatic heterocycles. The third kappa shape index (κ3) is 2.65. The van der Waals surface area contributed by atoms with Crippen molar-refractivity contribution in [2.24, 2.45) is 5.92 Å².